The van der Waals surface area contributed by atoms with E-state index in [1.165, 1.54) is 31.9 Å². The smallest absolute Gasteiger partial charge is 0.159 e. The monoisotopic (exact) mass is 404 g/mol. The summed E-state index contributed by atoms with van der Waals surface area (Å²) in [5.41, 5.74) is 1.91. The Hall–Kier alpha value is -3.48. The number of ketones is 1. The van der Waals surface area contributed by atoms with Gasteiger partial charge in [-0.2, -0.15) is 0 Å². The fourth-order valence-electron chi connectivity index (χ4n) is 3.57. The molecule has 0 spiro atoms. The first-order valence-corrected chi connectivity index (χ1v) is 9.80. The standard InChI is InChI=1S/C23H18F2N4O/c1-12(30)14-4-5-18-19-11-26-21(6-13-2-3-13)29-22(19)23(28-20(18)7-14)27-17-9-15(24)8-16(25)10-17/h4-5,7-11,13H,2-3,6H2,1H3,(H,27,28). The molecule has 0 aliphatic heterocycles. The zero-order valence-corrected chi connectivity index (χ0v) is 16.2. The van der Waals surface area contributed by atoms with E-state index in [9.17, 15) is 13.6 Å². The lowest BCUT2D eigenvalue weighted by Crippen LogP contribution is -2.03. The summed E-state index contributed by atoms with van der Waals surface area (Å²) < 4.78 is 27.4. The Morgan fingerprint density at radius 3 is 2.53 bits per heavy atom. The zero-order chi connectivity index (χ0) is 20.8. The van der Waals surface area contributed by atoms with E-state index in [-0.39, 0.29) is 11.5 Å². The van der Waals surface area contributed by atoms with E-state index < -0.39 is 11.6 Å². The number of halogens is 2. The van der Waals surface area contributed by atoms with Crippen LogP contribution in [0.5, 0.6) is 0 Å². The van der Waals surface area contributed by atoms with E-state index in [2.05, 4.69) is 15.3 Å². The number of benzene rings is 2. The number of rotatable bonds is 5. The lowest BCUT2D eigenvalue weighted by molar-refractivity contribution is 0.101. The van der Waals surface area contributed by atoms with Gasteiger partial charge in [0.25, 0.3) is 0 Å². The molecule has 0 saturated heterocycles. The fourth-order valence-corrected chi connectivity index (χ4v) is 3.57. The molecule has 5 nitrogen and oxygen atoms in total. The summed E-state index contributed by atoms with van der Waals surface area (Å²) in [4.78, 5) is 25.7. The molecule has 0 atom stereocenters. The van der Waals surface area contributed by atoms with Gasteiger partial charge in [0.15, 0.2) is 11.6 Å². The minimum atomic E-state index is -0.689. The second-order valence-electron chi connectivity index (χ2n) is 7.73. The molecule has 7 heteroatoms. The van der Waals surface area contributed by atoms with Crippen LogP contribution in [0.1, 0.15) is 35.9 Å². The number of hydrogen-bond donors (Lipinski definition) is 1. The van der Waals surface area contributed by atoms with E-state index >= 15 is 0 Å². The zero-order valence-electron chi connectivity index (χ0n) is 16.2. The third kappa shape index (κ3) is 3.58. The van der Waals surface area contributed by atoms with Crippen molar-refractivity contribution in [1.29, 1.82) is 0 Å². The van der Waals surface area contributed by atoms with Crippen molar-refractivity contribution in [1.82, 2.24) is 15.0 Å². The molecule has 4 aromatic rings. The topological polar surface area (TPSA) is 67.8 Å². The number of nitrogens with zero attached hydrogens (tertiary/aromatic N) is 3. The Morgan fingerprint density at radius 2 is 1.83 bits per heavy atom. The summed E-state index contributed by atoms with van der Waals surface area (Å²) in [5, 5.41) is 4.57. The number of carbonyl (C=O) groups is 1. The average molecular weight is 404 g/mol. The molecule has 0 bridgehead atoms. The average Bonchev–Trinajstić information content (AvgIpc) is 3.51. The molecular formula is C23H18F2N4O. The van der Waals surface area contributed by atoms with Gasteiger partial charge in [0.1, 0.15) is 23.0 Å². The van der Waals surface area contributed by atoms with Gasteiger partial charge < -0.3 is 5.32 Å². The van der Waals surface area contributed by atoms with Crippen LogP contribution < -0.4 is 5.32 Å². The van der Waals surface area contributed by atoms with Crippen molar-refractivity contribution in [3.8, 4) is 0 Å². The third-order valence-corrected chi connectivity index (χ3v) is 5.28. The highest BCUT2D eigenvalue weighted by atomic mass is 19.1. The van der Waals surface area contributed by atoms with Crippen molar-refractivity contribution >= 4 is 39.1 Å². The molecule has 0 amide bonds. The predicted molar refractivity (Wildman–Crippen MR) is 111 cm³/mol. The Labute approximate surface area is 171 Å². The second-order valence-corrected chi connectivity index (χ2v) is 7.73. The van der Waals surface area contributed by atoms with E-state index in [0.29, 0.717) is 28.3 Å². The van der Waals surface area contributed by atoms with Crippen molar-refractivity contribution in [2.75, 3.05) is 5.32 Å². The van der Waals surface area contributed by atoms with Crippen LogP contribution in [-0.4, -0.2) is 20.7 Å². The van der Waals surface area contributed by atoms with Gasteiger partial charge in [-0.1, -0.05) is 12.1 Å². The maximum absolute atomic E-state index is 13.7. The molecule has 0 unspecified atom stereocenters. The van der Waals surface area contributed by atoms with Crippen LogP contribution in [0.2, 0.25) is 0 Å². The van der Waals surface area contributed by atoms with Gasteiger partial charge in [0.05, 0.1) is 5.52 Å². The maximum atomic E-state index is 13.7. The van der Waals surface area contributed by atoms with Crippen LogP contribution in [0.4, 0.5) is 20.3 Å². The number of anilines is 2. The number of nitrogens with one attached hydrogen (secondary N) is 1. The van der Waals surface area contributed by atoms with Crippen LogP contribution >= 0.6 is 0 Å². The SMILES string of the molecule is CC(=O)c1ccc2c(c1)nc(Nc1cc(F)cc(F)c1)c1nc(CC3CC3)ncc12. The maximum Gasteiger partial charge on any atom is 0.159 e. The van der Waals surface area contributed by atoms with Gasteiger partial charge in [-0.3, -0.25) is 4.79 Å². The predicted octanol–water partition coefficient (Wildman–Crippen LogP) is 5.35. The summed E-state index contributed by atoms with van der Waals surface area (Å²) in [6.07, 6.45) is 4.91. The molecule has 1 fully saturated rings. The molecule has 150 valence electrons. The first-order chi connectivity index (χ1) is 14.5. The lowest BCUT2D eigenvalue weighted by Gasteiger charge is -2.12. The van der Waals surface area contributed by atoms with Gasteiger partial charge in [-0.15, -0.1) is 0 Å². The van der Waals surface area contributed by atoms with Crippen molar-refractivity contribution in [3.05, 3.63) is 65.6 Å². The summed E-state index contributed by atoms with van der Waals surface area (Å²) in [6.45, 7) is 1.49. The second kappa shape index (κ2) is 7.09. The van der Waals surface area contributed by atoms with Crippen molar-refractivity contribution in [2.45, 2.75) is 26.2 Å². The van der Waals surface area contributed by atoms with E-state index in [4.69, 9.17) is 4.98 Å². The minimum Gasteiger partial charge on any atom is -0.338 e. The normalized spacial score (nSPS) is 13.7. The van der Waals surface area contributed by atoms with Crippen LogP contribution in [-0.2, 0) is 6.42 Å². The Kier molecular flexibility index (Phi) is 4.38. The fraction of sp³-hybridized carbons (Fsp3) is 0.217. The number of pyridine rings is 1. The number of Topliss-reactive ketones (excluding diaryl/α,β-unsaturated/α-hetero) is 1. The van der Waals surface area contributed by atoms with E-state index in [1.807, 2.05) is 6.07 Å². The van der Waals surface area contributed by atoms with Crippen LogP contribution in [0.15, 0.2) is 42.6 Å². The molecule has 0 radical (unpaired) electrons. The van der Waals surface area contributed by atoms with Gasteiger partial charge in [0.2, 0.25) is 0 Å². The van der Waals surface area contributed by atoms with Crippen LogP contribution in [0, 0.1) is 17.6 Å². The summed E-state index contributed by atoms with van der Waals surface area (Å²) in [6, 6.07) is 8.48. The largest absolute Gasteiger partial charge is 0.338 e. The molecule has 1 aliphatic carbocycles. The highest BCUT2D eigenvalue weighted by Gasteiger charge is 2.23. The van der Waals surface area contributed by atoms with Gasteiger partial charge in [-0.05, 0) is 43.9 Å². The first kappa shape index (κ1) is 18.5. The van der Waals surface area contributed by atoms with Crippen molar-refractivity contribution in [2.24, 2.45) is 5.92 Å². The van der Waals surface area contributed by atoms with Gasteiger partial charge in [0, 0.05) is 40.7 Å². The van der Waals surface area contributed by atoms with Crippen molar-refractivity contribution in [3.63, 3.8) is 0 Å². The summed E-state index contributed by atoms with van der Waals surface area (Å²) in [7, 11) is 0. The molecule has 30 heavy (non-hydrogen) atoms. The molecule has 2 aromatic carbocycles. The molecule has 2 heterocycles. The van der Waals surface area contributed by atoms with Crippen LogP contribution in [0.25, 0.3) is 21.8 Å². The lowest BCUT2D eigenvalue weighted by atomic mass is 10.1. The summed E-state index contributed by atoms with van der Waals surface area (Å²) >= 11 is 0. The summed E-state index contributed by atoms with van der Waals surface area (Å²) in [5.74, 6) is 0.248. The Bertz CT molecular complexity index is 1300. The molecule has 1 saturated carbocycles. The minimum absolute atomic E-state index is 0.0726. The third-order valence-electron chi connectivity index (χ3n) is 5.28. The number of carbonyl (C=O) groups excluding carboxylic acids is 1. The molecular weight excluding hydrogens is 386 g/mol. The molecule has 5 rings (SSSR count). The number of fused-ring (bicyclic) bond motifs is 3. The van der Waals surface area contributed by atoms with Crippen molar-refractivity contribution < 1.29 is 13.6 Å². The highest BCUT2D eigenvalue weighted by molar-refractivity contribution is 6.10. The Morgan fingerprint density at radius 1 is 1.07 bits per heavy atom. The van der Waals surface area contributed by atoms with E-state index in [0.717, 1.165) is 29.1 Å². The highest BCUT2D eigenvalue weighted by Crippen LogP contribution is 2.34. The number of hydrogen-bond acceptors (Lipinski definition) is 5. The Balaban J connectivity index is 1.71. The number of aromatic nitrogens is 3. The van der Waals surface area contributed by atoms with Crippen LogP contribution in [0.3, 0.4) is 0 Å². The molecule has 2 aromatic heterocycles. The molecule has 1 N–H and O–H groups in total. The first-order valence-electron chi connectivity index (χ1n) is 9.80. The molecule has 1 aliphatic rings. The van der Waals surface area contributed by atoms with E-state index in [1.54, 1.807) is 18.3 Å². The quantitative estimate of drug-likeness (QED) is 0.358. The van der Waals surface area contributed by atoms with Gasteiger partial charge >= 0.3 is 0 Å². The van der Waals surface area contributed by atoms with Gasteiger partial charge in [-0.25, -0.2) is 23.7 Å².